The second kappa shape index (κ2) is 8.14. The van der Waals surface area contributed by atoms with Crippen LogP contribution in [0.5, 0.6) is 11.5 Å². The molecule has 2 amide bonds. The Labute approximate surface area is 145 Å². The van der Waals surface area contributed by atoms with Crippen molar-refractivity contribution in [3.63, 3.8) is 0 Å². The van der Waals surface area contributed by atoms with Gasteiger partial charge in [-0.1, -0.05) is 0 Å². The van der Waals surface area contributed by atoms with Gasteiger partial charge in [-0.05, 0) is 36.4 Å². The zero-order chi connectivity index (χ0) is 18.4. The Morgan fingerprint density at radius 3 is 2.32 bits per heavy atom. The Bertz CT molecular complexity index is 762. The summed E-state index contributed by atoms with van der Waals surface area (Å²) in [5.41, 5.74) is 0.890. The maximum Gasteiger partial charge on any atom is 0.244 e. The molecule has 132 valence electrons. The van der Waals surface area contributed by atoms with Crippen LogP contribution in [-0.2, 0) is 9.59 Å². The Balaban J connectivity index is 2.14. The number of rotatable bonds is 6. The van der Waals surface area contributed by atoms with Crippen LogP contribution in [0, 0.1) is 5.82 Å². The fourth-order valence-electron chi connectivity index (χ4n) is 2.24. The van der Waals surface area contributed by atoms with Crippen molar-refractivity contribution in [3.05, 3.63) is 48.3 Å². The van der Waals surface area contributed by atoms with Crippen LogP contribution in [0.4, 0.5) is 15.8 Å². The summed E-state index contributed by atoms with van der Waals surface area (Å²) in [6.07, 6.45) is 0. The predicted molar refractivity (Wildman–Crippen MR) is 92.6 cm³/mol. The van der Waals surface area contributed by atoms with E-state index in [0.717, 1.165) is 0 Å². The van der Waals surface area contributed by atoms with Crippen LogP contribution in [0.2, 0.25) is 0 Å². The van der Waals surface area contributed by atoms with Gasteiger partial charge in [-0.15, -0.1) is 0 Å². The van der Waals surface area contributed by atoms with E-state index in [1.807, 2.05) is 0 Å². The molecule has 2 aromatic rings. The number of amides is 2. The van der Waals surface area contributed by atoms with E-state index in [1.165, 1.54) is 50.3 Å². The average Bonchev–Trinajstić information content (AvgIpc) is 2.60. The Hall–Kier alpha value is -3.09. The first-order valence-corrected chi connectivity index (χ1v) is 7.50. The summed E-state index contributed by atoms with van der Waals surface area (Å²) in [6, 6.07) is 10.3. The summed E-state index contributed by atoms with van der Waals surface area (Å²) in [4.78, 5) is 25.4. The first-order chi connectivity index (χ1) is 11.9. The highest BCUT2D eigenvalue weighted by Crippen LogP contribution is 2.29. The Morgan fingerprint density at radius 2 is 1.76 bits per heavy atom. The van der Waals surface area contributed by atoms with Gasteiger partial charge in [0.25, 0.3) is 0 Å². The van der Waals surface area contributed by atoms with Gasteiger partial charge >= 0.3 is 0 Å². The number of halogens is 1. The van der Waals surface area contributed by atoms with Gasteiger partial charge in [0, 0.05) is 18.7 Å². The van der Waals surface area contributed by atoms with E-state index in [-0.39, 0.29) is 12.5 Å². The lowest BCUT2D eigenvalue weighted by Gasteiger charge is -2.21. The summed E-state index contributed by atoms with van der Waals surface area (Å²) in [7, 11) is 3.01. The second-order valence-electron chi connectivity index (χ2n) is 5.20. The number of anilines is 2. The molecule has 0 heterocycles. The zero-order valence-corrected chi connectivity index (χ0v) is 14.2. The number of hydrogen-bond acceptors (Lipinski definition) is 4. The molecule has 7 heteroatoms. The summed E-state index contributed by atoms with van der Waals surface area (Å²) < 4.78 is 23.4. The van der Waals surface area contributed by atoms with Crippen molar-refractivity contribution in [1.82, 2.24) is 0 Å². The van der Waals surface area contributed by atoms with Gasteiger partial charge in [-0.2, -0.15) is 0 Å². The molecular formula is C18H19FN2O4. The van der Waals surface area contributed by atoms with Gasteiger partial charge in [-0.25, -0.2) is 4.39 Å². The first-order valence-electron chi connectivity index (χ1n) is 7.50. The van der Waals surface area contributed by atoms with E-state index in [9.17, 15) is 14.0 Å². The SMILES string of the molecule is COc1ccc(NC(=O)CN(C(C)=O)c2ccc(F)cc2)c(OC)c1. The minimum atomic E-state index is -0.417. The number of nitrogens with one attached hydrogen (secondary N) is 1. The third kappa shape index (κ3) is 4.69. The summed E-state index contributed by atoms with van der Waals surface area (Å²) >= 11 is 0. The standard InChI is InChI=1S/C18H19FN2O4/c1-12(22)21(14-6-4-13(19)5-7-14)11-18(23)20-16-9-8-15(24-2)10-17(16)25-3/h4-10H,11H2,1-3H3,(H,20,23). The van der Waals surface area contributed by atoms with Crippen LogP contribution in [0.1, 0.15) is 6.92 Å². The highest BCUT2D eigenvalue weighted by atomic mass is 19.1. The van der Waals surface area contributed by atoms with E-state index in [1.54, 1.807) is 18.2 Å². The Kier molecular flexibility index (Phi) is 5.94. The van der Waals surface area contributed by atoms with E-state index in [0.29, 0.717) is 22.9 Å². The quantitative estimate of drug-likeness (QED) is 0.873. The minimum absolute atomic E-state index is 0.212. The van der Waals surface area contributed by atoms with E-state index in [4.69, 9.17) is 9.47 Å². The maximum absolute atomic E-state index is 13.0. The molecule has 25 heavy (non-hydrogen) atoms. The molecule has 2 rings (SSSR count). The van der Waals surface area contributed by atoms with E-state index >= 15 is 0 Å². The zero-order valence-electron chi connectivity index (χ0n) is 14.2. The Morgan fingerprint density at radius 1 is 1.08 bits per heavy atom. The van der Waals surface area contributed by atoms with Crippen molar-refractivity contribution < 1.29 is 23.5 Å². The van der Waals surface area contributed by atoms with Gasteiger partial charge in [0.05, 0.1) is 19.9 Å². The molecule has 0 unspecified atom stereocenters. The number of methoxy groups -OCH3 is 2. The topological polar surface area (TPSA) is 67.9 Å². The smallest absolute Gasteiger partial charge is 0.244 e. The number of benzene rings is 2. The molecule has 0 atom stereocenters. The van der Waals surface area contributed by atoms with Crippen molar-refractivity contribution in [2.45, 2.75) is 6.92 Å². The van der Waals surface area contributed by atoms with Gasteiger partial charge in [-0.3, -0.25) is 9.59 Å². The predicted octanol–water partition coefficient (Wildman–Crippen LogP) is 2.83. The molecule has 0 aliphatic carbocycles. The van der Waals surface area contributed by atoms with Crippen LogP contribution in [0.15, 0.2) is 42.5 Å². The lowest BCUT2D eigenvalue weighted by Crippen LogP contribution is -2.36. The fraction of sp³-hybridized carbons (Fsp3) is 0.222. The summed E-state index contributed by atoms with van der Waals surface area (Å²) in [5, 5.41) is 2.69. The second-order valence-corrected chi connectivity index (χ2v) is 5.20. The van der Waals surface area contributed by atoms with E-state index in [2.05, 4.69) is 5.32 Å². The monoisotopic (exact) mass is 346 g/mol. The van der Waals surface area contributed by atoms with Gasteiger partial charge < -0.3 is 19.7 Å². The van der Waals surface area contributed by atoms with Crippen LogP contribution in [0.3, 0.4) is 0 Å². The van der Waals surface area contributed by atoms with Crippen molar-refractivity contribution in [3.8, 4) is 11.5 Å². The molecule has 0 saturated heterocycles. The number of hydrogen-bond donors (Lipinski definition) is 1. The molecule has 0 saturated carbocycles. The van der Waals surface area contributed by atoms with Crippen LogP contribution >= 0.6 is 0 Å². The normalized spacial score (nSPS) is 10.1. The summed E-state index contributed by atoms with van der Waals surface area (Å²) in [5.74, 6) is -0.138. The molecule has 0 aromatic heterocycles. The molecule has 1 N–H and O–H groups in total. The minimum Gasteiger partial charge on any atom is -0.497 e. The maximum atomic E-state index is 13.0. The van der Waals surface area contributed by atoms with Crippen LogP contribution in [0.25, 0.3) is 0 Å². The fourth-order valence-corrected chi connectivity index (χ4v) is 2.24. The third-order valence-electron chi connectivity index (χ3n) is 3.50. The lowest BCUT2D eigenvalue weighted by molar-refractivity contribution is -0.120. The molecule has 0 bridgehead atoms. The number of carbonyl (C=O) groups is 2. The molecule has 0 fully saturated rings. The van der Waals surface area contributed by atoms with Gasteiger partial charge in [0.2, 0.25) is 11.8 Å². The largest absolute Gasteiger partial charge is 0.497 e. The van der Waals surface area contributed by atoms with Crippen molar-refractivity contribution in [2.24, 2.45) is 0 Å². The molecule has 6 nitrogen and oxygen atoms in total. The molecule has 0 radical (unpaired) electrons. The molecule has 0 spiro atoms. The lowest BCUT2D eigenvalue weighted by atomic mass is 10.2. The van der Waals surface area contributed by atoms with Gasteiger partial charge in [0.1, 0.15) is 23.9 Å². The van der Waals surface area contributed by atoms with E-state index < -0.39 is 11.7 Å². The van der Waals surface area contributed by atoms with Gasteiger partial charge in [0.15, 0.2) is 0 Å². The first kappa shape index (κ1) is 18.3. The summed E-state index contributed by atoms with van der Waals surface area (Å²) in [6.45, 7) is 1.13. The molecule has 0 aliphatic rings. The highest BCUT2D eigenvalue weighted by molar-refractivity contribution is 6.02. The molecule has 0 aliphatic heterocycles. The highest BCUT2D eigenvalue weighted by Gasteiger charge is 2.17. The number of ether oxygens (including phenoxy) is 2. The molecule has 2 aromatic carbocycles. The van der Waals surface area contributed by atoms with Crippen molar-refractivity contribution in [1.29, 1.82) is 0 Å². The van der Waals surface area contributed by atoms with Crippen LogP contribution in [-0.4, -0.2) is 32.6 Å². The average molecular weight is 346 g/mol. The third-order valence-corrected chi connectivity index (χ3v) is 3.50. The van der Waals surface area contributed by atoms with Crippen molar-refractivity contribution in [2.75, 3.05) is 31.0 Å². The van der Waals surface area contributed by atoms with Crippen molar-refractivity contribution >= 4 is 23.2 Å². The van der Waals surface area contributed by atoms with Crippen LogP contribution < -0.4 is 19.7 Å². The number of nitrogens with zero attached hydrogens (tertiary/aromatic N) is 1. The number of carbonyl (C=O) groups excluding carboxylic acids is 2. The molecular weight excluding hydrogens is 327 g/mol.